The Morgan fingerprint density at radius 1 is 1.04 bits per heavy atom. The number of anilines is 1. The number of benzene rings is 2. The average Bonchev–Trinajstić information content (AvgIpc) is 3.11. The van der Waals surface area contributed by atoms with Crippen molar-refractivity contribution in [3.05, 3.63) is 59.9 Å². The number of carbonyl (C=O) groups excluding carboxylic acids is 1. The van der Waals surface area contributed by atoms with Gasteiger partial charge in [0, 0.05) is 12.2 Å². The number of ether oxygens (including phenoxy) is 1. The van der Waals surface area contributed by atoms with Gasteiger partial charge in [-0.3, -0.25) is 0 Å². The zero-order valence-electron chi connectivity index (χ0n) is 14.1. The maximum atomic E-state index is 12.8. The van der Waals surface area contributed by atoms with E-state index in [2.05, 4.69) is 10.6 Å². The van der Waals surface area contributed by atoms with Crippen molar-refractivity contribution in [2.75, 3.05) is 11.9 Å². The minimum absolute atomic E-state index is 0.255. The summed E-state index contributed by atoms with van der Waals surface area (Å²) in [6, 6.07) is 13.5. The maximum Gasteiger partial charge on any atom is 0.319 e. The third-order valence-electron chi connectivity index (χ3n) is 4.33. The largest absolute Gasteiger partial charge is 0.490 e. The highest BCUT2D eigenvalue weighted by Gasteiger charge is 2.16. The van der Waals surface area contributed by atoms with Crippen molar-refractivity contribution < 1.29 is 13.9 Å². The molecule has 1 aliphatic rings. The van der Waals surface area contributed by atoms with Crippen LogP contribution in [0.1, 0.15) is 31.2 Å². The molecule has 25 heavy (non-hydrogen) atoms. The van der Waals surface area contributed by atoms with Crippen LogP contribution >= 0.6 is 0 Å². The van der Waals surface area contributed by atoms with Gasteiger partial charge in [0.25, 0.3) is 0 Å². The minimum Gasteiger partial charge on any atom is -0.490 e. The smallest absolute Gasteiger partial charge is 0.319 e. The summed E-state index contributed by atoms with van der Waals surface area (Å²) in [6.45, 7) is 0.486. The summed E-state index contributed by atoms with van der Waals surface area (Å²) < 4.78 is 18.7. The molecule has 1 fully saturated rings. The van der Waals surface area contributed by atoms with E-state index in [9.17, 15) is 9.18 Å². The maximum absolute atomic E-state index is 12.8. The Bertz CT molecular complexity index is 680. The van der Waals surface area contributed by atoms with E-state index in [1.807, 2.05) is 24.3 Å². The van der Waals surface area contributed by atoms with Gasteiger partial charge in [-0.05, 0) is 74.1 Å². The fraction of sp³-hybridized carbons (Fsp3) is 0.350. The summed E-state index contributed by atoms with van der Waals surface area (Å²) in [4.78, 5) is 11.9. The number of amides is 2. The molecule has 2 N–H and O–H groups in total. The molecule has 1 aliphatic carbocycles. The van der Waals surface area contributed by atoms with Gasteiger partial charge in [-0.2, -0.15) is 0 Å². The number of halogens is 1. The standard InChI is InChI=1S/C20H23FN2O2/c21-16-7-5-15(6-8-16)13-14-22-20(24)23-17-9-11-19(12-10-17)25-18-3-1-2-4-18/h5-12,18H,1-4,13-14H2,(H2,22,23,24). The van der Waals surface area contributed by atoms with Gasteiger partial charge >= 0.3 is 6.03 Å². The zero-order chi connectivity index (χ0) is 17.5. The lowest BCUT2D eigenvalue weighted by molar-refractivity contribution is 0.210. The first-order valence-electron chi connectivity index (χ1n) is 8.75. The number of rotatable bonds is 6. The molecule has 3 rings (SSSR count). The molecule has 0 spiro atoms. The van der Waals surface area contributed by atoms with Gasteiger partial charge in [0.1, 0.15) is 11.6 Å². The first-order valence-corrected chi connectivity index (χ1v) is 8.75. The lowest BCUT2D eigenvalue weighted by Crippen LogP contribution is -2.30. The summed E-state index contributed by atoms with van der Waals surface area (Å²) in [5.74, 6) is 0.587. The van der Waals surface area contributed by atoms with Crippen LogP contribution in [0.15, 0.2) is 48.5 Å². The fourth-order valence-electron chi connectivity index (χ4n) is 2.96. The number of hydrogen-bond donors (Lipinski definition) is 2. The number of urea groups is 1. The highest BCUT2D eigenvalue weighted by Crippen LogP contribution is 2.24. The lowest BCUT2D eigenvalue weighted by atomic mass is 10.1. The lowest BCUT2D eigenvalue weighted by Gasteiger charge is -2.13. The molecule has 0 aromatic heterocycles. The Morgan fingerprint density at radius 2 is 1.72 bits per heavy atom. The van der Waals surface area contributed by atoms with Crippen molar-refractivity contribution in [3.8, 4) is 5.75 Å². The summed E-state index contributed by atoms with van der Waals surface area (Å²) in [5.41, 5.74) is 1.70. The van der Waals surface area contributed by atoms with Crippen LogP contribution in [0.5, 0.6) is 5.75 Å². The summed E-state index contributed by atoms with van der Waals surface area (Å²) in [7, 11) is 0. The monoisotopic (exact) mass is 342 g/mol. The van der Waals surface area contributed by atoms with Gasteiger partial charge in [-0.1, -0.05) is 12.1 Å². The third-order valence-corrected chi connectivity index (χ3v) is 4.33. The van der Waals surface area contributed by atoms with Crippen LogP contribution in [0.2, 0.25) is 0 Å². The van der Waals surface area contributed by atoms with Crippen molar-refractivity contribution >= 4 is 11.7 Å². The molecule has 2 amide bonds. The quantitative estimate of drug-likeness (QED) is 0.811. The Kier molecular flexibility index (Phi) is 5.88. The zero-order valence-corrected chi connectivity index (χ0v) is 14.1. The molecule has 1 saturated carbocycles. The van der Waals surface area contributed by atoms with Gasteiger partial charge in [0.2, 0.25) is 0 Å². The van der Waals surface area contributed by atoms with Gasteiger partial charge in [-0.25, -0.2) is 9.18 Å². The molecule has 132 valence electrons. The van der Waals surface area contributed by atoms with Crippen molar-refractivity contribution in [2.45, 2.75) is 38.2 Å². The molecule has 0 saturated heterocycles. The minimum atomic E-state index is -0.258. The van der Waals surface area contributed by atoms with E-state index >= 15 is 0 Å². The van der Waals surface area contributed by atoms with Crippen molar-refractivity contribution in [1.29, 1.82) is 0 Å². The number of carbonyl (C=O) groups is 1. The third kappa shape index (κ3) is 5.48. The molecule has 2 aromatic rings. The predicted molar refractivity (Wildman–Crippen MR) is 96.5 cm³/mol. The van der Waals surface area contributed by atoms with E-state index in [0.29, 0.717) is 19.1 Å². The molecule has 0 heterocycles. The fourth-order valence-corrected chi connectivity index (χ4v) is 2.96. The SMILES string of the molecule is O=C(NCCc1ccc(F)cc1)Nc1ccc(OC2CCCC2)cc1. The molecular formula is C20H23FN2O2. The molecule has 0 radical (unpaired) electrons. The van der Waals surface area contributed by atoms with E-state index in [1.165, 1.54) is 25.0 Å². The second-order valence-electron chi connectivity index (χ2n) is 6.31. The Balaban J connectivity index is 1.40. The van der Waals surface area contributed by atoms with Crippen LogP contribution in [0.4, 0.5) is 14.9 Å². The molecular weight excluding hydrogens is 319 g/mol. The van der Waals surface area contributed by atoms with E-state index in [-0.39, 0.29) is 11.8 Å². The van der Waals surface area contributed by atoms with Gasteiger partial charge in [0.15, 0.2) is 0 Å². The van der Waals surface area contributed by atoms with E-state index in [0.717, 1.165) is 29.8 Å². The second-order valence-corrected chi connectivity index (χ2v) is 6.31. The van der Waals surface area contributed by atoms with Crippen molar-refractivity contribution in [3.63, 3.8) is 0 Å². The Morgan fingerprint density at radius 3 is 2.40 bits per heavy atom. The highest BCUT2D eigenvalue weighted by molar-refractivity contribution is 5.89. The highest BCUT2D eigenvalue weighted by atomic mass is 19.1. The molecule has 0 atom stereocenters. The van der Waals surface area contributed by atoms with Gasteiger partial charge < -0.3 is 15.4 Å². The number of nitrogens with one attached hydrogen (secondary N) is 2. The van der Waals surface area contributed by atoms with Crippen LogP contribution in [-0.2, 0) is 6.42 Å². The normalized spacial score (nSPS) is 14.3. The van der Waals surface area contributed by atoms with Crippen LogP contribution < -0.4 is 15.4 Å². The van der Waals surface area contributed by atoms with Crippen LogP contribution in [0.25, 0.3) is 0 Å². The van der Waals surface area contributed by atoms with Gasteiger partial charge in [0.05, 0.1) is 6.10 Å². The molecule has 0 unspecified atom stereocenters. The van der Waals surface area contributed by atoms with Crippen LogP contribution in [-0.4, -0.2) is 18.7 Å². The molecule has 0 bridgehead atoms. The van der Waals surface area contributed by atoms with E-state index in [4.69, 9.17) is 4.74 Å². The van der Waals surface area contributed by atoms with Crippen molar-refractivity contribution in [2.24, 2.45) is 0 Å². The average molecular weight is 342 g/mol. The van der Waals surface area contributed by atoms with E-state index < -0.39 is 0 Å². The topological polar surface area (TPSA) is 50.4 Å². The Labute approximate surface area is 147 Å². The number of hydrogen-bond acceptors (Lipinski definition) is 2. The Hall–Kier alpha value is -2.56. The summed E-state index contributed by atoms with van der Waals surface area (Å²) in [6.07, 6.45) is 5.70. The predicted octanol–water partition coefficient (Wildman–Crippen LogP) is 4.51. The summed E-state index contributed by atoms with van der Waals surface area (Å²) in [5, 5.41) is 5.59. The van der Waals surface area contributed by atoms with Crippen LogP contribution in [0.3, 0.4) is 0 Å². The van der Waals surface area contributed by atoms with Crippen molar-refractivity contribution in [1.82, 2.24) is 5.32 Å². The first kappa shape index (κ1) is 17.3. The molecule has 2 aromatic carbocycles. The molecule has 5 heteroatoms. The second kappa shape index (κ2) is 8.51. The van der Waals surface area contributed by atoms with E-state index in [1.54, 1.807) is 12.1 Å². The van der Waals surface area contributed by atoms with Crippen LogP contribution in [0, 0.1) is 5.82 Å². The molecule has 4 nitrogen and oxygen atoms in total. The first-order chi connectivity index (χ1) is 12.2. The van der Waals surface area contributed by atoms with Gasteiger partial charge in [-0.15, -0.1) is 0 Å². The molecule has 0 aliphatic heterocycles. The summed E-state index contributed by atoms with van der Waals surface area (Å²) >= 11 is 0.